The van der Waals surface area contributed by atoms with Crippen molar-refractivity contribution in [2.75, 3.05) is 11.5 Å². The van der Waals surface area contributed by atoms with E-state index in [9.17, 15) is 0 Å². The Morgan fingerprint density at radius 3 is 2.24 bits per heavy atom. The molecule has 1 saturated heterocycles. The minimum absolute atomic E-state index is 0. The van der Waals surface area contributed by atoms with E-state index in [1.54, 1.807) is 6.07 Å². The summed E-state index contributed by atoms with van der Waals surface area (Å²) in [5, 5.41) is 1.36. The molecule has 86 valence electrons. The van der Waals surface area contributed by atoms with Crippen LogP contribution in [0.3, 0.4) is 0 Å². The molecule has 0 radical (unpaired) electrons. The van der Waals surface area contributed by atoms with Crippen LogP contribution >= 0.6 is 46.7 Å². The molecule has 1 aliphatic heterocycles. The predicted molar refractivity (Wildman–Crippen MR) is 78.3 cm³/mol. The summed E-state index contributed by atoms with van der Waals surface area (Å²) >= 11 is 15.7. The third kappa shape index (κ3) is 5.47. The van der Waals surface area contributed by atoms with E-state index in [0.29, 0.717) is 10.0 Å². The summed E-state index contributed by atoms with van der Waals surface area (Å²) in [6.45, 7) is 0. The molecule has 2 rings (SSSR count). The van der Waals surface area contributed by atoms with Crippen molar-refractivity contribution in [3.63, 3.8) is 0 Å². The molecule has 0 atom stereocenters. The zero-order valence-electron chi connectivity index (χ0n) is 9.58. The number of hydrogen-bond donors (Lipinski definition) is 0. The molecule has 0 nitrogen and oxygen atoms in total. The molecular weight excluding hydrogens is 286 g/mol. The molecule has 0 amide bonds. The summed E-state index contributed by atoms with van der Waals surface area (Å²) in [4.78, 5) is 0. The molecule has 17 heavy (non-hydrogen) atoms. The van der Waals surface area contributed by atoms with Crippen LogP contribution in [0.5, 0.6) is 0 Å². The van der Waals surface area contributed by atoms with Crippen LogP contribution in [0.4, 0.5) is 0 Å². The van der Waals surface area contributed by atoms with Gasteiger partial charge in [0.05, 0.1) is 0 Å². The van der Waals surface area contributed by atoms with Crippen LogP contribution in [0, 0.1) is 4.58 Å². The number of hydrogen-bond acceptors (Lipinski definition) is 2. The van der Waals surface area contributed by atoms with Crippen LogP contribution in [-0.2, 0) is 0 Å². The van der Waals surface area contributed by atoms with E-state index in [1.807, 2.05) is 35.7 Å². The first-order valence-electron chi connectivity index (χ1n) is 5.01. The molecule has 0 unspecified atom stereocenters. The van der Waals surface area contributed by atoms with Crippen LogP contribution < -0.4 is 18.9 Å². The average molecular weight is 297 g/mol. The normalized spacial score (nSPS) is 16.0. The number of benzene rings is 1. The van der Waals surface area contributed by atoms with Gasteiger partial charge in [-0.05, 0) is 24.0 Å². The molecule has 1 aliphatic rings. The zero-order chi connectivity index (χ0) is 11.4. The van der Waals surface area contributed by atoms with Gasteiger partial charge in [0, 0.05) is 10.0 Å². The fourth-order valence-electron chi connectivity index (χ4n) is 1.38. The first-order valence-corrected chi connectivity index (χ1v) is 7.73. The summed E-state index contributed by atoms with van der Waals surface area (Å²) in [6, 6.07) is 5.59. The first kappa shape index (κ1) is 15.8. The van der Waals surface area contributed by atoms with E-state index in [2.05, 4.69) is 12.2 Å². The van der Waals surface area contributed by atoms with E-state index in [1.165, 1.54) is 22.5 Å². The van der Waals surface area contributed by atoms with Crippen molar-refractivity contribution < 1.29 is 18.9 Å². The third-order valence-corrected chi connectivity index (χ3v) is 5.04. The maximum atomic E-state index is 5.94. The molecule has 5 heteroatoms. The van der Waals surface area contributed by atoms with Gasteiger partial charge in [-0.2, -0.15) is 0 Å². The van der Waals surface area contributed by atoms with Crippen molar-refractivity contribution in [3.8, 4) is 0 Å². The van der Waals surface area contributed by atoms with Crippen molar-refractivity contribution in [3.05, 3.63) is 44.5 Å². The standard InChI is InChI=1S/C12H11Cl2S2.Li/c13-10-6-9(7-11(14)8-10)2-3-12-15-4-1-5-16-12;/h2-3,6-8H,1,4-5H2;/q-1;+1. The molecule has 0 saturated carbocycles. The van der Waals surface area contributed by atoms with Crippen molar-refractivity contribution in [1.29, 1.82) is 0 Å². The molecule has 1 aromatic carbocycles. The summed E-state index contributed by atoms with van der Waals surface area (Å²) in [5.74, 6) is 2.45. The Balaban J connectivity index is 0.00000144. The molecule has 0 bridgehead atoms. The molecule has 0 spiro atoms. The Kier molecular flexibility index (Phi) is 7.41. The molecule has 0 aliphatic carbocycles. The summed E-state index contributed by atoms with van der Waals surface area (Å²) in [6.07, 6.45) is 5.52. The number of thioether (sulfide) groups is 2. The second-order valence-electron chi connectivity index (χ2n) is 3.41. The zero-order valence-corrected chi connectivity index (χ0v) is 12.7. The number of halogens is 2. The van der Waals surface area contributed by atoms with Crippen LogP contribution in [0.2, 0.25) is 10.0 Å². The van der Waals surface area contributed by atoms with Crippen molar-refractivity contribution in [1.82, 2.24) is 0 Å². The predicted octanol–water partition coefficient (Wildman–Crippen LogP) is 2.37. The van der Waals surface area contributed by atoms with E-state index in [4.69, 9.17) is 23.2 Å². The molecule has 0 aromatic heterocycles. The van der Waals surface area contributed by atoms with E-state index in [-0.39, 0.29) is 18.9 Å². The minimum Gasteiger partial charge on any atom is -0.221 e. The molecule has 1 aromatic rings. The van der Waals surface area contributed by atoms with E-state index in [0.717, 1.165) is 5.56 Å². The van der Waals surface area contributed by atoms with Gasteiger partial charge in [-0.25, -0.2) is 35.7 Å². The van der Waals surface area contributed by atoms with Crippen LogP contribution in [0.15, 0.2) is 24.3 Å². The molecular formula is C12H11Cl2LiS2. The monoisotopic (exact) mass is 296 g/mol. The fraction of sp³-hybridized carbons (Fsp3) is 0.250. The maximum absolute atomic E-state index is 5.94. The van der Waals surface area contributed by atoms with Crippen molar-refractivity contribution in [2.24, 2.45) is 0 Å². The second kappa shape index (κ2) is 7.99. The van der Waals surface area contributed by atoms with Crippen LogP contribution in [0.1, 0.15) is 12.0 Å². The van der Waals surface area contributed by atoms with Gasteiger partial charge in [0.2, 0.25) is 0 Å². The largest absolute Gasteiger partial charge is 1.00 e. The van der Waals surface area contributed by atoms with Crippen LogP contribution in [0.25, 0.3) is 6.08 Å². The van der Waals surface area contributed by atoms with E-state index < -0.39 is 0 Å². The average Bonchev–Trinajstić information content (AvgIpc) is 2.27. The third-order valence-electron chi connectivity index (χ3n) is 2.07. The first-order chi connectivity index (χ1) is 7.74. The Morgan fingerprint density at radius 2 is 1.65 bits per heavy atom. The Labute approximate surface area is 133 Å². The molecule has 1 heterocycles. The quantitative estimate of drug-likeness (QED) is 0.607. The van der Waals surface area contributed by atoms with Gasteiger partial charge in [0.1, 0.15) is 0 Å². The maximum Gasteiger partial charge on any atom is 1.00 e. The topological polar surface area (TPSA) is 0 Å². The van der Waals surface area contributed by atoms with Gasteiger partial charge in [-0.15, -0.1) is 10.1 Å². The fourth-order valence-corrected chi connectivity index (χ4v) is 4.25. The SMILES string of the molecule is Clc1cc(Cl)cc(C=C[C-]2SCCCS2)c1.[Li+]. The van der Waals surface area contributed by atoms with Crippen molar-refractivity contribution >= 4 is 52.8 Å². The van der Waals surface area contributed by atoms with Crippen LogP contribution in [-0.4, -0.2) is 11.5 Å². The van der Waals surface area contributed by atoms with Gasteiger partial charge in [-0.1, -0.05) is 35.3 Å². The van der Waals surface area contributed by atoms with Gasteiger partial charge >= 0.3 is 18.9 Å². The van der Waals surface area contributed by atoms with E-state index >= 15 is 0 Å². The van der Waals surface area contributed by atoms with Gasteiger partial charge in [-0.3, -0.25) is 0 Å². The van der Waals surface area contributed by atoms with Gasteiger partial charge in [0.25, 0.3) is 0 Å². The number of rotatable bonds is 2. The minimum atomic E-state index is 0. The Morgan fingerprint density at radius 1 is 1.06 bits per heavy atom. The van der Waals surface area contributed by atoms with Gasteiger partial charge in [0.15, 0.2) is 0 Å². The molecule has 0 N–H and O–H groups in total. The summed E-state index contributed by atoms with van der Waals surface area (Å²) < 4.78 is 1.38. The van der Waals surface area contributed by atoms with Crippen molar-refractivity contribution in [2.45, 2.75) is 6.42 Å². The second-order valence-corrected chi connectivity index (χ2v) is 6.81. The summed E-state index contributed by atoms with van der Waals surface area (Å²) in [5.41, 5.74) is 1.05. The summed E-state index contributed by atoms with van der Waals surface area (Å²) in [7, 11) is 0. The Bertz CT molecular complexity index is 370. The Hall–Kier alpha value is 0.707. The molecule has 1 fully saturated rings. The van der Waals surface area contributed by atoms with Gasteiger partial charge < -0.3 is 0 Å². The smallest absolute Gasteiger partial charge is 0.221 e.